The quantitative estimate of drug-likeness (QED) is 0.843. The minimum absolute atomic E-state index is 0.0793. The van der Waals surface area contributed by atoms with Crippen LogP contribution < -0.4 is 4.74 Å². The van der Waals surface area contributed by atoms with Crippen molar-refractivity contribution in [1.82, 2.24) is 9.88 Å². The van der Waals surface area contributed by atoms with Gasteiger partial charge in [0.2, 0.25) is 5.88 Å². The number of aromatic nitrogens is 1. The first-order valence-corrected chi connectivity index (χ1v) is 7.30. The van der Waals surface area contributed by atoms with E-state index in [2.05, 4.69) is 20.9 Å². The molecule has 2 aromatic rings. The number of carbonyl (C=O) groups is 1. The Hall–Kier alpha value is -1.88. The Kier molecular flexibility index (Phi) is 4.63. The minimum Gasteiger partial charge on any atom is -0.439 e. The van der Waals surface area contributed by atoms with Crippen LogP contribution in [0, 0.1) is 13.8 Å². The Morgan fingerprint density at radius 1 is 1.19 bits per heavy atom. The molecule has 0 radical (unpaired) electrons. The Labute approximate surface area is 132 Å². The number of hydrogen-bond donors (Lipinski definition) is 0. The van der Waals surface area contributed by atoms with Crippen molar-refractivity contribution >= 4 is 21.8 Å². The van der Waals surface area contributed by atoms with Crippen molar-refractivity contribution < 1.29 is 9.53 Å². The Bertz CT molecular complexity index is 643. The van der Waals surface area contributed by atoms with Crippen LogP contribution in [0.25, 0.3) is 0 Å². The highest BCUT2D eigenvalue weighted by atomic mass is 79.9. The predicted molar refractivity (Wildman–Crippen MR) is 85.9 cm³/mol. The Balaban J connectivity index is 2.19. The summed E-state index contributed by atoms with van der Waals surface area (Å²) in [5.74, 6) is 1.11. The van der Waals surface area contributed by atoms with Gasteiger partial charge in [-0.2, -0.15) is 0 Å². The van der Waals surface area contributed by atoms with Crippen molar-refractivity contribution in [2.45, 2.75) is 13.8 Å². The van der Waals surface area contributed by atoms with Gasteiger partial charge in [-0.05, 0) is 43.2 Å². The number of halogens is 1. The zero-order valence-corrected chi connectivity index (χ0v) is 14.1. The van der Waals surface area contributed by atoms with Crippen molar-refractivity contribution in [3.05, 3.63) is 51.6 Å². The molecule has 110 valence electrons. The summed E-state index contributed by atoms with van der Waals surface area (Å²) in [6, 6.07) is 7.29. The fourth-order valence-electron chi connectivity index (χ4n) is 1.91. The molecule has 1 heterocycles. The van der Waals surface area contributed by atoms with Crippen molar-refractivity contribution in [1.29, 1.82) is 0 Å². The second-order valence-corrected chi connectivity index (χ2v) is 5.85. The largest absolute Gasteiger partial charge is 0.439 e. The molecule has 0 aliphatic rings. The molecule has 0 fully saturated rings. The van der Waals surface area contributed by atoms with E-state index in [0.717, 1.165) is 21.3 Å². The maximum atomic E-state index is 11.8. The number of pyridine rings is 1. The molecule has 0 unspecified atom stereocenters. The van der Waals surface area contributed by atoms with Gasteiger partial charge in [0.25, 0.3) is 5.91 Å². The van der Waals surface area contributed by atoms with E-state index < -0.39 is 0 Å². The molecular formula is C16H17BrN2O2. The lowest BCUT2D eigenvalue weighted by Gasteiger charge is -2.11. The number of amides is 1. The van der Waals surface area contributed by atoms with Gasteiger partial charge in [-0.1, -0.05) is 15.9 Å². The summed E-state index contributed by atoms with van der Waals surface area (Å²) in [7, 11) is 3.42. The summed E-state index contributed by atoms with van der Waals surface area (Å²) in [5, 5.41) is 0. The second-order valence-electron chi connectivity index (χ2n) is 5.06. The predicted octanol–water partition coefficient (Wildman–Crippen LogP) is 3.96. The Morgan fingerprint density at radius 3 is 2.29 bits per heavy atom. The van der Waals surface area contributed by atoms with Gasteiger partial charge in [0.05, 0.1) is 5.56 Å². The maximum Gasteiger partial charge on any atom is 0.254 e. The van der Waals surface area contributed by atoms with Crippen LogP contribution >= 0.6 is 15.9 Å². The van der Waals surface area contributed by atoms with E-state index in [4.69, 9.17) is 4.74 Å². The van der Waals surface area contributed by atoms with Gasteiger partial charge in [0, 0.05) is 30.8 Å². The molecule has 5 heteroatoms. The average Bonchev–Trinajstić information content (AvgIpc) is 2.44. The summed E-state index contributed by atoms with van der Waals surface area (Å²) in [5.41, 5.74) is 2.74. The summed E-state index contributed by atoms with van der Waals surface area (Å²) < 4.78 is 6.81. The van der Waals surface area contributed by atoms with Gasteiger partial charge >= 0.3 is 0 Å². The molecule has 4 nitrogen and oxygen atoms in total. The molecule has 0 aliphatic heterocycles. The summed E-state index contributed by atoms with van der Waals surface area (Å²) in [6.07, 6.45) is 1.52. The van der Waals surface area contributed by atoms with Crippen LogP contribution in [-0.2, 0) is 0 Å². The first-order valence-electron chi connectivity index (χ1n) is 6.51. The molecule has 21 heavy (non-hydrogen) atoms. The highest BCUT2D eigenvalue weighted by molar-refractivity contribution is 9.10. The zero-order chi connectivity index (χ0) is 15.6. The molecule has 1 aromatic heterocycles. The summed E-state index contributed by atoms with van der Waals surface area (Å²) in [4.78, 5) is 17.5. The molecule has 1 aromatic carbocycles. The van der Waals surface area contributed by atoms with Crippen LogP contribution in [0.15, 0.2) is 34.9 Å². The van der Waals surface area contributed by atoms with Crippen LogP contribution in [0.1, 0.15) is 21.5 Å². The highest BCUT2D eigenvalue weighted by Gasteiger charge is 2.09. The van der Waals surface area contributed by atoms with E-state index in [-0.39, 0.29) is 5.91 Å². The monoisotopic (exact) mass is 348 g/mol. The molecule has 0 atom stereocenters. The molecule has 0 bridgehead atoms. The molecule has 0 aliphatic carbocycles. The van der Waals surface area contributed by atoms with E-state index in [1.165, 1.54) is 11.1 Å². The number of rotatable bonds is 3. The third-order valence-corrected chi connectivity index (χ3v) is 4.27. The van der Waals surface area contributed by atoms with Crippen LogP contribution in [0.3, 0.4) is 0 Å². The van der Waals surface area contributed by atoms with Gasteiger partial charge in [0.1, 0.15) is 5.75 Å². The Morgan fingerprint density at radius 2 is 1.81 bits per heavy atom. The normalized spacial score (nSPS) is 10.3. The van der Waals surface area contributed by atoms with E-state index in [1.54, 1.807) is 26.2 Å². The SMILES string of the molecule is Cc1cc(Oc2ccc(C(=O)N(C)C)cn2)cc(C)c1Br. The number of aryl methyl sites for hydroxylation is 2. The van der Waals surface area contributed by atoms with E-state index in [0.29, 0.717) is 11.4 Å². The molecule has 0 spiro atoms. The number of carbonyl (C=O) groups excluding carboxylic acids is 1. The van der Waals surface area contributed by atoms with Crippen LogP contribution in [0.2, 0.25) is 0 Å². The van der Waals surface area contributed by atoms with Gasteiger partial charge in [-0.15, -0.1) is 0 Å². The van der Waals surface area contributed by atoms with Crippen LogP contribution in [-0.4, -0.2) is 29.9 Å². The van der Waals surface area contributed by atoms with Crippen molar-refractivity contribution in [3.8, 4) is 11.6 Å². The van der Waals surface area contributed by atoms with Gasteiger partial charge in [0.15, 0.2) is 0 Å². The van der Waals surface area contributed by atoms with Crippen molar-refractivity contribution in [2.75, 3.05) is 14.1 Å². The topological polar surface area (TPSA) is 42.4 Å². The first-order chi connectivity index (χ1) is 9.88. The smallest absolute Gasteiger partial charge is 0.254 e. The summed E-state index contributed by atoms with van der Waals surface area (Å²) >= 11 is 3.52. The van der Waals surface area contributed by atoms with Crippen LogP contribution in [0.4, 0.5) is 0 Å². The molecule has 0 N–H and O–H groups in total. The fraction of sp³-hybridized carbons (Fsp3) is 0.250. The lowest BCUT2D eigenvalue weighted by Crippen LogP contribution is -2.21. The van der Waals surface area contributed by atoms with E-state index in [1.807, 2.05) is 26.0 Å². The summed E-state index contributed by atoms with van der Waals surface area (Å²) in [6.45, 7) is 4.02. The van der Waals surface area contributed by atoms with Gasteiger partial charge in [-0.25, -0.2) is 4.98 Å². The first kappa shape index (κ1) is 15.5. The number of ether oxygens (including phenoxy) is 1. The molecule has 1 amide bonds. The molecule has 2 rings (SSSR count). The molecule has 0 saturated carbocycles. The van der Waals surface area contributed by atoms with Gasteiger partial charge < -0.3 is 9.64 Å². The second kappa shape index (κ2) is 6.26. The number of hydrogen-bond acceptors (Lipinski definition) is 3. The van der Waals surface area contributed by atoms with Crippen molar-refractivity contribution in [2.24, 2.45) is 0 Å². The molecule has 0 saturated heterocycles. The number of nitrogens with zero attached hydrogens (tertiary/aromatic N) is 2. The zero-order valence-electron chi connectivity index (χ0n) is 12.5. The fourth-order valence-corrected chi connectivity index (χ4v) is 2.14. The van der Waals surface area contributed by atoms with Gasteiger partial charge in [-0.3, -0.25) is 4.79 Å². The number of benzene rings is 1. The lowest BCUT2D eigenvalue weighted by atomic mass is 10.1. The van der Waals surface area contributed by atoms with Crippen LogP contribution in [0.5, 0.6) is 11.6 Å². The standard InChI is InChI=1S/C16H17BrN2O2/c1-10-7-13(8-11(2)15(10)17)21-14-6-5-12(9-18-14)16(20)19(3)4/h5-9H,1-4H3. The van der Waals surface area contributed by atoms with E-state index >= 15 is 0 Å². The van der Waals surface area contributed by atoms with E-state index in [9.17, 15) is 4.79 Å². The maximum absolute atomic E-state index is 11.8. The molecular weight excluding hydrogens is 332 g/mol. The van der Waals surface area contributed by atoms with Crippen molar-refractivity contribution in [3.63, 3.8) is 0 Å². The lowest BCUT2D eigenvalue weighted by molar-refractivity contribution is 0.0827. The average molecular weight is 349 g/mol. The third kappa shape index (κ3) is 3.61. The highest BCUT2D eigenvalue weighted by Crippen LogP contribution is 2.28. The third-order valence-electron chi connectivity index (χ3n) is 3.02. The minimum atomic E-state index is -0.0793.